The molecule has 1 aliphatic rings. The summed E-state index contributed by atoms with van der Waals surface area (Å²) in [6, 6.07) is 0.124. The third kappa shape index (κ3) is 5.58. The highest BCUT2D eigenvalue weighted by Gasteiger charge is 2.23. The van der Waals surface area contributed by atoms with E-state index in [0.29, 0.717) is 4.58 Å². The van der Waals surface area contributed by atoms with Gasteiger partial charge in [0.2, 0.25) is 0 Å². The summed E-state index contributed by atoms with van der Waals surface area (Å²) in [5.74, 6) is 2.78. The molecule has 1 rings (SSSR count). The van der Waals surface area contributed by atoms with E-state index >= 15 is 0 Å². The molecule has 6 heteroatoms. The molecular weight excluding hydrogens is 250 g/mol. The summed E-state index contributed by atoms with van der Waals surface area (Å²) in [6.07, 6.45) is 2.07. The minimum atomic E-state index is -1.94. The summed E-state index contributed by atoms with van der Waals surface area (Å²) >= 11 is 1.90. The van der Waals surface area contributed by atoms with Gasteiger partial charge in [0.1, 0.15) is 0 Å². The van der Waals surface area contributed by atoms with Crippen molar-refractivity contribution in [1.29, 1.82) is 0 Å². The molecule has 0 aromatic heterocycles. The van der Waals surface area contributed by atoms with Crippen LogP contribution >= 0.6 is 23.5 Å². The first-order chi connectivity index (χ1) is 7.09. The first-order valence-corrected chi connectivity index (χ1v) is 8.48. The second-order valence-electron chi connectivity index (χ2n) is 3.94. The smallest absolute Gasteiger partial charge is 0.0653 e. The number of hydrogen-bond donors (Lipinski definition) is 1. The monoisotopic (exact) mass is 268 g/mol. The normalized spacial score (nSPS) is 24.7. The van der Waals surface area contributed by atoms with Crippen molar-refractivity contribution < 1.29 is 8.76 Å². The van der Waals surface area contributed by atoms with Gasteiger partial charge in [0, 0.05) is 11.8 Å². The van der Waals surface area contributed by atoms with Crippen LogP contribution in [0.5, 0.6) is 0 Å². The summed E-state index contributed by atoms with van der Waals surface area (Å²) in [7, 11) is 0. The number of hydrogen-bond acceptors (Lipinski definition) is 5. The molecule has 1 aliphatic heterocycles. The van der Waals surface area contributed by atoms with Crippen molar-refractivity contribution in [2.24, 2.45) is 11.7 Å². The minimum Gasteiger partial charge on any atom is -0.772 e. The van der Waals surface area contributed by atoms with Gasteiger partial charge in [-0.05, 0) is 30.3 Å². The van der Waals surface area contributed by atoms with Gasteiger partial charge in [-0.25, -0.2) is 0 Å². The zero-order valence-electron chi connectivity index (χ0n) is 8.89. The third-order valence-electron chi connectivity index (χ3n) is 2.30. The molecule has 0 saturated carbocycles. The van der Waals surface area contributed by atoms with Crippen molar-refractivity contribution in [2.45, 2.75) is 30.4 Å². The van der Waals surface area contributed by atoms with Crippen LogP contribution in [0.25, 0.3) is 0 Å². The van der Waals surface area contributed by atoms with Gasteiger partial charge < -0.3 is 10.3 Å². The van der Waals surface area contributed by atoms with Crippen LogP contribution in [0.3, 0.4) is 0 Å². The largest absolute Gasteiger partial charge is 0.772 e. The van der Waals surface area contributed by atoms with E-state index < -0.39 is 11.1 Å². The molecule has 3 atom stereocenters. The van der Waals surface area contributed by atoms with E-state index in [2.05, 4.69) is 0 Å². The Labute approximate surface area is 103 Å². The fourth-order valence-corrected chi connectivity index (χ4v) is 5.18. The molecule has 15 heavy (non-hydrogen) atoms. The predicted molar refractivity (Wildman–Crippen MR) is 68.9 cm³/mol. The van der Waals surface area contributed by atoms with Crippen molar-refractivity contribution in [2.75, 3.05) is 17.3 Å². The SMILES string of the molecule is CC(CC(N)C1SCCCS1)CS(=O)[O-]. The molecule has 1 saturated heterocycles. The van der Waals surface area contributed by atoms with Gasteiger partial charge in [0.25, 0.3) is 0 Å². The van der Waals surface area contributed by atoms with Crippen LogP contribution in [0, 0.1) is 5.92 Å². The number of nitrogens with two attached hydrogens (primary N) is 1. The first kappa shape index (κ1) is 13.8. The molecule has 90 valence electrons. The molecule has 0 radical (unpaired) electrons. The molecule has 1 fully saturated rings. The quantitative estimate of drug-likeness (QED) is 0.764. The van der Waals surface area contributed by atoms with Crippen molar-refractivity contribution >= 4 is 34.6 Å². The van der Waals surface area contributed by atoms with Crippen molar-refractivity contribution in [1.82, 2.24) is 0 Å². The molecule has 3 unspecified atom stereocenters. The molecule has 0 aromatic carbocycles. The standard InChI is InChI=1S/C9H19NO2S3/c1-7(6-15(11)12)5-8(10)9-13-3-2-4-14-9/h7-9H,2-6,10H2,1H3,(H,11,12)/p-1. The molecule has 0 aromatic rings. The fraction of sp³-hybridized carbons (Fsp3) is 1.00. The zero-order valence-corrected chi connectivity index (χ0v) is 11.3. The van der Waals surface area contributed by atoms with E-state index in [1.165, 1.54) is 17.9 Å². The van der Waals surface area contributed by atoms with E-state index in [-0.39, 0.29) is 17.7 Å². The summed E-state index contributed by atoms with van der Waals surface area (Å²) in [5, 5.41) is 0. The Hall–Kier alpha value is 0.770. The van der Waals surface area contributed by atoms with Gasteiger partial charge in [-0.3, -0.25) is 4.21 Å². The van der Waals surface area contributed by atoms with Crippen LogP contribution < -0.4 is 5.73 Å². The summed E-state index contributed by atoms with van der Waals surface area (Å²) < 4.78 is 21.5. The fourth-order valence-electron chi connectivity index (χ4n) is 1.63. The van der Waals surface area contributed by atoms with Gasteiger partial charge in [-0.15, -0.1) is 23.5 Å². The van der Waals surface area contributed by atoms with Crippen molar-refractivity contribution in [3.63, 3.8) is 0 Å². The van der Waals surface area contributed by atoms with Crippen LogP contribution in [0.2, 0.25) is 0 Å². The Balaban J connectivity index is 2.26. The Morgan fingerprint density at radius 3 is 2.67 bits per heavy atom. The maximum atomic E-state index is 10.5. The lowest BCUT2D eigenvalue weighted by atomic mass is 10.1. The van der Waals surface area contributed by atoms with Gasteiger partial charge in [-0.1, -0.05) is 18.0 Å². The average molecular weight is 268 g/mol. The topological polar surface area (TPSA) is 66.2 Å². The average Bonchev–Trinajstić information content (AvgIpc) is 2.17. The minimum absolute atomic E-state index is 0.124. The zero-order chi connectivity index (χ0) is 11.3. The van der Waals surface area contributed by atoms with Crippen molar-refractivity contribution in [3.8, 4) is 0 Å². The summed E-state index contributed by atoms with van der Waals surface area (Å²) in [5.41, 5.74) is 6.08. The van der Waals surface area contributed by atoms with Crippen LogP contribution in [0.1, 0.15) is 19.8 Å². The second-order valence-corrected chi connectivity index (χ2v) is 7.68. The Kier molecular flexibility index (Phi) is 6.61. The predicted octanol–water partition coefficient (Wildman–Crippen LogP) is 1.42. The van der Waals surface area contributed by atoms with Gasteiger partial charge in [0.05, 0.1) is 4.58 Å². The third-order valence-corrected chi connectivity index (χ3v) is 6.36. The Bertz CT molecular complexity index is 210. The summed E-state index contributed by atoms with van der Waals surface area (Å²) in [4.78, 5) is 0. The molecule has 0 amide bonds. The van der Waals surface area contributed by atoms with E-state index in [1.54, 1.807) is 0 Å². The molecule has 2 N–H and O–H groups in total. The Morgan fingerprint density at radius 1 is 1.53 bits per heavy atom. The lowest BCUT2D eigenvalue weighted by Gasteiger charge is -2.28. The van der Waals surface area contributed by atoms with Crippen LogP contribution in [0.4, 0.5) is 0 Å². The first-order valence-electron chi connectivity index (χ1n) is 5.14. The number of rotatable bonds is 5. The lowest BCUT2D eigenvalue weighted by molar-refractivity contribution is 0.487. The molecule has 1 heterocycles. The highest BCUT2D eigenvalue weighted by atomic mass is 32.2. The van der Waals surface area contributed by atoms with Crippen molar-refractivity contribution in [3.05, 3.63) is 0 Å². The van der Waals surface area contributed by atoms with E-state index in [0.717, 1.165) is 6.42 Å². The molecule has 0 aliphatic carbocycles. The molecule has 3 nitrogen and oxygen atoms in total. The maximum absolute atomic E-state index is 10.5. The van der Waals surface area contributed by atoms with Gasteiger partial charge >= 0.3 is 0 Å². The maximum Gasteiger partial charge on any atom is 0.0653 e. The van der Waals surface area contributed by atoms with Gasteiger partial charge in [-0.2, -0.15) is 0 Å². The summed E-state index contributed by atoms with van der Waals surface area (Å²) in [6.45, 7) is 1.95. The van der Waals surface area contributed by atoms with E-state index in [4.69, 9.17) is 5.73 Å². The van der Waals surface area contributed by atoms with Crippen LogP contribution in [-0.2, 0) is 11.1 Å². The van der Waals surface area contributed by atoms with E-state index in [9.17, 15) is 8.76 Å². The highest BCUT2D eigenvalue weighted by molar-refractivity contribution is 8.17. The van der Waals surface area contributed by atoms with Crippen LogP contribution in [0.15, 0.2) is 0 Å². The van der Waals surface area contributed by atoms with Gasteiger partial charge in [0.15, 0.2) is 0 Å². The van der Waals surface area contributed by atoms with E-state index in [1.807, 2.05) is 30.4 Å². The highest BCUT2D eigenvalue weighted by Crippen LogP contribution is 2.33. The molecule has 0 spiro atoms. The number of thioether (sulfide) groups is 2. The van der Waals surface area contributed by atoms with Crippen LogP contribution in [-0.4, -0.2) is 36.6 Å². The molecule has 0 bridgehead atoms. The second kappa shape index (κ2) is 7.17. The Morgan fingerprint density at radius 2 is 2.13 bits per heavy atom. The lowest BCUT2D eigenvalue weighted by Crippen LogP contribution is -2.34. The molecular formula is C9H18NO2S3-.